The first kappa shape index (κ1) is 24.0. The van der Waals surface area contributed by atoms with Gasteiger partial charge in [0.1, 0.15) is 22.3 Å². The zero-order chi connectivity index (χ0) is 24.7. The van der Waals surface area contributed by atoms with Gasteiger partial charge in [0, 0.05) is 17.6 Å². The first-order valence-electron chi connectivity index (χ1n) is 11.9. The van der Waals surface area contributed by atoms with Crippen molar-refractivity contribution in [3.63, 3.8) is 0 Å². The first-order valence-corrected chi connectivity index (χ1v) is 12.8. The third-order valence-electron chi connectivity index (χ3n) is 7.23. The molecular formula is C26H28F2N4O2S. The second-order valence-corrected chi connectivity index (χ2v) is 10.8. The monoisotopic (exact) mass is 498 g/mol. The Labute approximate surface area is 206 Å². The number of thiazole rings is 1. The summed E-state index contributed by atoms with van der Waals surface area (Å²) in [5.41, 5.74) is 6.63. The van der Waals surface area contributed by atoms with E-state index in [9.17, 15) is 18.7 Å². The maximum atomic E-state index is 14.9. The van der Waals surface area contributed by atoms with Gasteiger partial charge in [-0.05, 0) is 79.7 Å². The van der Waals surface area contributed by atoms with Crippen molar-refractivity contribution in [2.75, 3.05) is 5.32 Å². The number of carbonyl (C=O) groups excluding carboxylic acids is 1. The van der Waals surface area contributed by atoms with E-state index in [1.807, 2.05) is 6.07 Å². The number of nitrogens with one attached hydrogen (secondary N) is 1. The topological polar surface area (TPSA) is 101 Å². The molecule has 0 unspecified atom stereocenters. The van der Waals surface area contributed by atoms with E-state index in [-0.39, 0.29) is 33.8 Å². The maximum Gasteiger partial charge on any atom is 0.275 e. The lowest BCUT2D eigenvalue weighted by Gasteiger charge is -2.37. The molecular weight excluding hydrogens is 470 g/mol. The predicted octanol–water partition coefficient (Wildman–Crippen LogP) is 5.34. The first-order chi connectivity index (χ1) is 16.7. The SMILES string of the molecule is C[C@@H]1C[C@H](N)C[C@H](c2ccncc2NC(=O)c2csc(-c3c(F)cc(C4(O)CCC4)cc3F)n2)C1. The number of pyridine rings is 1. The zero-order valence-corrected chi connectivity index (χ0v) is 20.2. The lowest BCUT2D eigenvalue weighted by Crippen LogP contribution is -2.33. The Morgan fingerprint density at radius 2 is 1.97 bits per heavy atom. The number of nitrogens with zero attached hydrogens (tertiary/aromatic N) is 2. The van der Waals surface area contributed by atoms with Crippen LogP contribution in [0, 0.1) is 17.6 Å². The van der Waals surface area contributed by atoms with Gasteiger partial charge in [0.05, 0.1) is 23.0 Å². The van der Waals surface area contributed by atoms with E-state index in [4.69, 9.17) is 5.73 Å². The molecule has 2 saturated carbocycles. The number of hydrogen-bond acceptors (Lipinski definition) is 6. The average molecular weight is 499 g/mol. The number of amides is 1. The van der Waals surface area contributed by atoms with Gasteiger partial charge >= 0.3 is 0 Å². The van der Waals surface area contributed by atoms with Crippen LogP contribution in [0.4, 0.5) is 14.5 Å². The van der Waals surface area contributed by atoms with Crippen molar-refractivity contribution in [1.29, 1.82) is 0 Å². The third-order valence-corrected chi connectivity index (χ3v) is 8.09. The highest BCUT2D eigenvalue weighted by atomic mass is 32.1. The summed E-state index contributed by atoms with van der Waals surface area (Å²) < 4.78 is 29.7. The molecule has 1 amide bonds. The molecule has 4 N–H and O–H groups in total. The fourth-order valence-electron chi connectivity index (χ4n) is 5.30. The van der Waals surface area contributed by atoms with Gasteiger partial charge < -0.3 is 16.2 Å². The second-order valence-electron chi connectivity index (χ2n) is 9.92. The maximum absolute atomic E-state index is 14.9. The van der Waals surface area contributed by atoms with Crippen LogP contribution in [0.1, 0.15) is 73.0 Å². The van der Waals surface area contributed by atoms with E-state index in [2.05, 4.69) is 22.2 Å². The lowest BCUT2D eigenvalue weighted by atomic mass is 9.75. The van der Waals surface area contributed by atoms with Crippen LogP contribution in [0.5, 0.6) is 0 Å². The molecule has 0 saturated heterocycles. The molecule has 184 valence electrons. The van der Waals surface area contributed by atoms with Crippen LogP contribution in [0.25, 0.3) is 10.6 Å². The zero-order valence-electron chi connectivity index (χ0n) is 19.4. The van der Waals surface area contributed by atoms with Gasteiger partial charge in [-0.3, -0.25) is 9.78 Å². The van der Waals surface area contributed by atoms with Crippen molar-refractivity contribution in [2.24, 2.45) is 11.7 Å². The van der Waals surface area contributed by atoms with Gasteiger partial charge in [-0.1, -0.05) is 6.92 Å². The summed E-state index contributed by atoms with van der Waals surface area (Å²) in [4.78, 5) is 21.4. The molecule has 3 atom stereocenters. The van der Waals surface area contributed by atoms with Crippen molar-refractivity contribution in [3.05, 3.63) is 64.4 Å². The van der Waals surface area contributed by atoms with Crippen LogP contribution in [0.3, 0.4) is 0 Å². The molecule has 0 aliphatic heterocycles. The third kappa shape index (κ3) is 4.72. The molecule has 2 aliphatic carbocycles. The van der Waals surface area contributed by atoms with E-state index < -0.39 is 23.1 Å². The van der Waals surface area contributed by atoms with Gasteiger partial charge in [-0.25, -0.2) is 13.8 Å². The van der Waals surface area contributed by atoms with Crippen LogP contribution in [-0.4, -0.2) is 27.0 Å². The number of rotatable bonds is 5. The van der Waals surface area contributed by atoms with E-state index in [0.29, 0.717) is 24.4 Å². The predicted molar refractivity (Wildman–Crippen MR) is 131 cm³/mol. The molecule has 0 radical (unpaired) electrons. The molecule has 1 aromatic carbocycles. The summed E-state index contributed by atoms with van der Waals surface area (Å²) in [6.07, 6.45) is 7.88. The molecule has 9 heteroatoms. The normalized spacial score (nSPS) is 23.5. The van der Waals surface area contributed by atoms with Crippen LogP contribution in [0.15, 0.2) is 36.0 Å². The smallest absolute Gasteiger partial charge is 0.275 e. The van der Waals surface area contributed by atoms with Crippen molar-refractivity contribution in [3.8, 4) is 10.6 Å². The van der Waals surface area contributed by atoms with Crippen LogP contribution >= 0.6 is 11.3 Å². The van der Waals surface area contributed by atoms with Gasteiger partial charge in [0.25, 0.3) is 5.91 Å². The highest BCUT2D eigenvalue weighted by molar-refractivity contribution is 7.13. The number of halogens is 2. The minimum atomic E-state index is -1.17. The minimum absolute atomic E-state index is 0.0639. The Kier molecular flexibility index (Phi) is 6.41. The van der Waals surface area contributed by atoms with E-state index in [0.717, 1.165) is 54.7 Å². The molecule has 0 spiro atoms. The highest BCUT2D eigenvalue weighted by Gasteiger charge is 2.37. The van der Waals surface area contributed by atoms with E-state index >= 15 is 0 Å². The molecule has 0 bridgehead atoms. The second kappa shape index (κ2) is 9.37. The summed E-state index contributed by atoms with van der Waals surface area (Å²) in [6.45, 7) is 2.18. The van der Waals surface area contributed by atoms with Crippen LogP contribution in [0.2, 0.25) is 0 Å². The highest BCUT2D eigenvalue weighted by Crippen LogP contribution is 2.43. The Morgan fingerprint density at radius 3 is 2.63 bits per heavy atom. The summed E-state index contributed by atoms with van der Waals surface area (Å²) >= 11 is 0.989. The Balaban J connectivity index is 1.37. The molecule has 35 heavy (non-hydrogen) atoms. The van der Waals surface area contributed by atoms with E-state index in [1.54, 1.807) is 12.4 Å². The van der Waals surface area contributed by atoms with Crippen LogP contribution < -0.4 is 11.1 Å². The van der Waals surface area contributed by atoms with Crippen molar-refractivity contribution < 1.29 is 18.7 Å². The number of benzene rings is 1. The van der Waals surface area contributed by atoms with Crippen molar-refractivity contribution >= 4 is 22.9 Å². The van der Waals surface area contributed by atoms with Gasteiger partial charge in [-0.2, -0.15) is 0 Å². The fraction of sp³-hybridized carbons (Fsp3) is 0.423. The molecule has 6 nitrogen and oxygen atoms in total. The van der Waals surface area contributed by atoms with Crippen molar-refractivity contribution in [1.82, 2.24) is 9.97 Å². The minimum Gasteiger partial charge on any atom is -0.385 e. The molecule has 5 rings (SSSR count). The molecule has 2 aliphatic rings. The molecule has 2 aromatic heterocycles. The largest absolute Gasteiger partial charge is 0.385 e. The summed E-state index contributed by atoms with van der Waals surface area (Å²) in [6, 6.07) is 4.34. The summed E-state index contributed by atoms with van der Waals surface area (Å²) in [5, 5.41) is 14.9. The quantitative estimate of drug-likeness (QED) is 0.441. The van der Waals surface area contributed by atoms with E-state index in [1.165, 1.54) is 5.38 Å². The molecule has 2 heterocycles. The Bertz CT molecular complexity index is 1230. The van der Waals surface area contributed by atoms with Gasteiger partial charge in [0.15, 0.2) is 0 Å². The Morgan fingerprint density at radius 1 is 1.23 bits per heavy atom. The summed E-state index contributed by atoms with van der Waals surface area (Å²) in [7, 11) is 0. The summed E-state index contributed by atoms with van der Waals surface area (Å²) in [5.74, 6) is -1.39. The lowest BCUT2D eigenvalue weighted by molar-refractivity contribution is -0.0392. The average Bonchev–Trinajstić information content (AvgIpc) is 3.26. The standard InChI is InChI=1S/C26H28F2N4O2S/c1-14-7-15(9-17(29)8-14)18-3-6-30-12-21(18)31-24(33)22-13-35-25(32-22)23-19(27)10-16(11-20(23)28)26(34)4-2-5-26/h3,6,10-15,17,34H,2,4-5,7-9,29H2,1H3,(H,31,33)/t14-,15+,17-/m0/s1. The number of anilines is 1. The number of nitrogens with two attached hydrogens (primary N) is 1. The van der Waals surface area contributed by atoms with Crippen molar-refractivity contribution in [2.45, 2.75) is 63.0 Å². The molecule has 2 fully saturated rings. The number of aromatic nitrogens is 2. The van der Waals surface area contributed by atoms with Gasteiger partial charge in [-0.15, -0.1) is 11.3 Å². The fourth-order valence-corrected chi connectivity index (χ4v) is 6.15. The molecule has 3 aromatic rings. The van der Waals surface area contributed by atoms with Crippen LogP contribution in [-0.2, 0) is 5.60 Å². The Hall–Kier alpha value is -2.75. The number of hydrogen-bond donors (Lipinski definition) is 3. The van der Waals surface area contributed by atoms with Gasteiger partial charge in [0.2, 0.25) is 0 Å². The number of carbonyl (C=O) groups is 1. The number of aliphatic hydroxyl groups is 1.